The first kappa shape index (κ1) is 27.2. The average molecular weight is 524 g/mol. The smallest absolute Gasteiger partial charge is 0.296 e. The van der Waals surface area contributed by atoms with Crippen molar-refractivity contribution in [1.29, 1.82) is 0 Å². The molecule has 0 heterocycles. The third-order valence-corrected chi connectivity index (χ3v) is 11.6. The molecule has 33 heavy (non-hydrogen) atoms. The molecule has 0 aliphatic carbocycles. The van der Waals surface area contributed by atoms with Gasteiger partial charge in [0.1, 0.15) is 0 Å². The summed E-state index contributed by atoms with van der Waals surface area (Å²) < 4.78 is 149. The van der Waals surface area contributed by atoms with E-state index < -0.39 is 62.8 Å². The van der Waals surface area contributed by atoms with Crippen molar-refractivity contribution in [1.82, 2.24) is 0 Å². The van der Waals surface area contributed by atoms with E-state index in [1.165, 1.54) is 20.8 Å². The van der Waals surface area contributed by atoms with Crippen LogP contribution >= 0.6 is 0 Å². The molecule has 0 N–H and O–H groups in total. The zero-order valence-corrected chi connectivity index (χ0v) is 19.0. The third-order valence-electron chi connectivity index (χ3n) is 4.77. The highest BCUT2D eigenvalue weighted by atomic mass is 32.2. The van der Waals surface area contributed by atoms with Crippen LogP contribution in [0.4, 0.5) is 39.5 Å². The van der Waals surface area contributed by atoms with Crippen LogP contribution < -0.4 is 10.4 Å². The Morgan fingerprint density at radius 2 is 1.06 bits per heavy atom. The van der Waals surface area contributed by atoms with Crippen molar-refractivity contribution in [3.8, 4) is 0 Å². The largest absolute Gasteiger partial charge is 0.522 e. The summed E-state index contributed by atoms with van der Waals surface area (Å²) in [4.78, 5) is 0. The standard InChI is InChI=1S/C19H17F9O3SSi/c1-16(2,3)33(31-32(29,30)19(26,27)28,14-8-4-6-12(10-14)17(20,21)22)15-9-5-7-13(11-15)18(23,24)25/h4-11H,1-3H3. The predicted molar refractivity (Wildman–Crippen MR) is 104 cm³/mol. The molecular weight excluding hydrogens is 507 g/mol. The Hall–Kier alpha value is -2.06. The Kier molecular flexibility index (Phi) is 6.84. The Balaban J connectivity index is 3.03. The molecule has 0 atom stereocenters. The van der Waals surface area contributed by atoms with E-state index in [9.17, 15) is 47.9 Å². The number of benzene rings is 2. The number of rotatable bonds is 4. The van der Waals surface area contributed by atoms with Gasteiger partial charge in [-0.1, -0.05) is 57.2 Å². The Labute approximate surface area is 184 Å². The lowest BCUT2D eigenvalue weighted by Gasteiger charge is -2.42. The van der Waals surface area contributed by atoms with E-state index in [0.29, 0.717) is 24.3 Å². The van der Waals surface area contributed by atoms with Gasteiger partial charge >= 0.3 is 28.0 Å². The molecule has 2 rings (SSSR count). The van der Waals surface area contributed by atoms with Gasteiger partial charge in [-0.15, -0.1) is 0 Å². The highest BCUT2D eigenvalue weighted by Crippen LogP contribution is 2.42. The molecule has 2 aromatic rings. The minimum Gasteiger partial charge on any atom is -0.296 e. The van der Waals surface area contributed by atoms with Gasteiger partial charge in [0.25, 0.3) is 8.32 Å². The number of halogens is 9. The minimum absolute atomic E-state index is 0.406. The molecule has 0 spiro atoms. The van der Waals surface area contributed by atoms with Crippen molar-refractivity contribution in [2.45, 2.75) is 43.7 Å². The van der Waals surface area contributed by atoms with Gasteiger partial charge in [0, 0.05) is 0 Å². The van der Waals surface area contributed by atoms with Crippen LogP contribution in [0, 0.1) is 0 Å². The molecule has 0 saturated carbocycles. The summed E-state index contributed by atoms with van der Waals surface area (Å²) in [6.45, 7) is 3.56. The molecule has 184 valence electrons. The predicted octanol–water partition coefficient (Wildman–Crippen LogP) is 5.45. The van der Waals surface area contributed by atoms with E-state index in [4.69, 9.17) is 3.87 Å². The van der Waals surface area contributed by atoms with Crippen molar-refractivity contribution in [3.63, 3.8) is 0 Å². The lowest BCUT2D eigenvalue weighted by Crippen LogP contribution is -2.68. The number of hydrogen-bond acceptors (Lipinski definition) is 3. The fourth-order valence-electron chi connectivity index (χ4n) is 3.29. The second-order valence-corrected chi connectivity index (χ2v) is 14.1. The topological polar surface area (TPSA) is 43.4 Å². The van der Waals surface area contributed by atoms with Crippen LogP contribution in [0.3, 0.4) is 0 Å². The second-order valence-electron chi connectivity index (χ2n) is 8.07. The fraction of sp³-hybridized carbons (Fsp3) is 0.368. The zero-order chi connectivity index (χ0) is 25.7. The van der Waals surface area contributed by atoms with Crippen molar-refractivity contribution in [2.24, 2.45) is 0 Å². The molecule has 0 saturated heterocycles. The maximum atomic E-state index is 13.3. The van der Waals surface area contributed by atoms with Gasteiger partial charge < -0.3 is 0 Å². The van der Waals surface area contributed by atoms with Gasteiger partial charge in [0.05, 0.1) is 11.1 Å². The number of hydrogen-bond donors (Lipinski definition) is 0. The molecule has 0 fully saturated rings. The molecule has 0 amide bonds. The van der Waals surface area contributed by atoms with Crippen molar-refractivity contribution in [2.75, 3.05) is 0 Å². The van der Waals surface area contributed by atoms with Crippen LogP contribution in [0.25, 0.3) is 0 Å². The highest BCUT2D eigenvalue weighted by Gasteiger charge is 2.59. The van der Waals surface area contributed by atoms with Crippen LogP contribution in [0.1, 0.15) is 31.9 Å². The van der Waals surface area contributed by atoms with Gasteiger partial charge in [0.2, 0.25) is 0 Å². The lowest BCUT2D eigenvalue weighted by molar-refractivity contribution is -0.138. The summed E-state index contributed by atoms with van der Waals surface area (Å²) in [6, 6.07) is 5.47. The molecule has 0 unspecified atom stereocenters. The van der Waals surface area contributed by atoms with Crippen LogP contribution in [0.15, 0.2) is 48.5 Å². The number of alkyl halides is 9. The summed E-state index contributed by atoms with van der Waals surface area (Å²) in [5.41, 5.74) is -8.64. The van der Waals surface area contributed by atoms with E-state index in [1.807, 2.05) is 0 Å². The maximum absolute atomic E-state index is 13.3. The second kappa shape index (κ2) is 8.31. The monoisotopic (exact) mass is 524 g/mol. The first-order valence-electron chi connectivity index (χ1n) is 9.00. The Morgan fingerprint density at radius 3 is 1.33 bits per heavy atom. The van der Waals surface area contributed by atoms with E-state index in [1.54, 1.807) is 0 Å². The normalized spacial score (nSPS) is 14.4. The molecule has 0 aromatic heterocycles. The van der Waals surface area contributed by atoms with E-state index >= 15 is 0 Å². The van der Waals surface area contributed by atoms with Gasteiger partial charge in [0.15, 0.2) is 0 Å². The molecule has 2 aromatic carbocycles. The highest BCUT2D eigenvalue weighted by molar-refractivity contribution is 7.88. The first-order valence-corrected chi connectivity index (χ1v) is 12.3. The van der Waals surface area contributed by atoms with E-state index in [0.717, 1.165) is 24.3 Å². The molecule has 0 aliphatic rings. The van der Waals surface area contributed by atoms with Gasteiger partial charge in [-0.2, -0.15) is 47.9 Å². The molecule has 0 radical (unpaired) electrons. The Bertz CT molecular complexity index is 1060. The van der Waals surface area contributed by atoms with Gasteiger partial charge in [-0.05, 0) is 27.5 Å². The molecule has 0 bridgehead atoms. The summed E-state index contributed by atoms with van der Waals surface area (Å²) in [7, 11) is -11.5. The van der Waals surface area contributed by atoms with Crippen LogP contribution in [0.5, 0.6) is 0 Å². The lowest BCUT2D eigenvalue weighted by atomic mass is 10.2. The maximum Gasteiger partial charge on any atom is 0.522 e. The van der Waals surface area contributed by atoms with Crippen LogP contribution in [0.2, 0.25) is 5.04 Å². The summed E-state index contributed by atoms with van der Waals surface area (Å²) in [5.74, 6) is 0. The SMILES string of the molecule is CC(C)(C)[Si](OS(=O)(=O)C(F)(F)F)(c1cccc(C(F)(F)F)c1)c1cccc(C(F)(F)F)c1. The third kappa shape index (κ3) is 5.37. The van der Waals surface area contributed by atoms with Crippen molar-refractivity contribution >= 4 is 28.8 Å². The summed E-state index contributed by atoms with van der Waals surface area (Å²) in [6.07, 6.45) is -9.94. The molecule has 3 nitrogen and oxygen atoms in total. The zero-order valence-electron chi connectivity index (χ0n) is 17.2. The van der Waals surface area contributed by atoms with Gasteiger partial charge in [-0.25, -0.2) is 0 Å². The average Bonchev–Trinajstić information content (AvgIpc) is 2.63. The van der Waals surface area contributed by atoms with Crippen LogP contribution in [-0.4, -0.2) is 22.2 Å². The summed E-state index contributed by atoms with van der Waals surface area (Å²) in [5, 5.41) is -2.87. The van der Waals surface area contributed by atoms with Crippen LogP contribution in [-0.2, 0) is 26.3 Å². The summed E-state index contributed by atoms with van der Waals surface area (Å²) >= 11 is 0. The van der Waals surface area contributed by atoms with Gasteiger partial charge in [-0.3, -0.25) is 3.87 Å². The fourth-order valence-corrected chi connectivity index (χ4v) is 10.2. The van der Waals surface area contributed by atoms with E-state index in [2.05, 4.69) is 0 Å². The molecular formula is C19H17F9O3SSi. The first-order chi connectivity index (χ1) is 14.6. The van der Waals surface area contributed by atoms with E-state index in [-0.39, 0.29) is 0 Å². The van der Waals surface area contributed by atoms with Crippen molar-refractivity contribution in [3.05, 3.63) is 59.7 Å². The Morgan fingerprint density at radius 1 is 0.697 bits per heavy atom. The van der Waals surface area contributed by atoms with Crippen molar-refractivity contribution < 1.29 is 51.8 Å². The molecule has 0 aliphatic heterocycles. The minimum atomic E-state index is -6.43. The quantitative estimate of drug-likeness (QED) is 0.304. The molecule has 14 heteroatoms.